The number of amides is 2. The summed E-state index contributed by atoms with van der Waals surface area (Å²) in [6.45, 7) is 3.07. The van der Waals surface area contributed by atoms with Crippen LogP contribution in [0, 0.1) is 0 Å². The Balaban J connectivity index is 1.18. The van der Waals surface area contributed by atoms with Crippen LogP contribution in [-0.2, 0) is 22.6 Å². The highest BCUT2D eigenvalue weighted by Crippen LogP contribution is 2.30. The van der Waals surface area contributed by atoms with Crippen LogP contribution in [0.2, 0.25) is 0 Å². The van der Waals surface area contributed by atoms with E-state index in [0.717, 1.165) is 44.6 Å². The van der Waals surface area contributed by atoms with E-state index in [9.17, 15) is 9.59 Å². The minimum Gasteiger partial charge on any atom is -0.353 e. The number of nitrogens with one attached hydrogen (secondary N) is 2. The van der Waals surface area contributed by atoms with Crippen LogP contribution in [0.5, 0.6) is 0 Å². The minimum atomic E-state index is -0.0883. The molecule has 0 unspecified atom stereocenters. The zero-order chi connectivity index (χ0) is 21.2. The molecule has 5 rings (SSSR count). The lowest BCUT2D eigenvalue weighted by Crippen LogP contribution is -2.58. The van der Waals surface area contributed by atoms with Gasteiger partial charge in [-0.2, -0.15) is 0 Å². The fourth-order valence-corrected chi connectivity index (χ4v) is 5.27. The molecule has 0 spiro atoms. The third kappa shape index (κ3) is 4.23. The molecule has 2 saturated heterocycles. The Hall–Kier alpha value is -2.70. The zero-order valence-electron chi connectivity index (χ0n) is 17.8. The Morgan fingerprint density at radius 1 is 1.10 bits per heavy atom. The van der Waals surface area contributed by atoms with Crippen LogP contribution in [0.25, 0.3) is 0 Å². The van der Waals surface area contributed by atoms with Crippen LogP contribution < -0.4 is 15.5 Å². The third-order valence-electron chi connectivity index (χ3n) is 6.94. The lowest BCUT2D eigenvalue weighted by atomic mass is 10.0. The SMILES string of the molecule is O=C1NC[C@@H](CCC(=O)N2CCc3ccccc32)N2C[C@@H](NCc3ccccc3)C[C@@H]12. The number of hydrogen-bond acceptors (Lipinski definition) is 4. The molecule has 2 aromatic carbocycles. The number of anilines is 1. The summed E-state index contributed by atoms with van der Waals surface area (Å²) in [5.74, 6) is 0.316. The average Bonchev–Trinajstić information content (AvgIpc) is 3.43. The van der Waals surface area contributed by atoms with Gasteiger partial charge in [-0.05, 0) is 36.5 Å². The molecule has 31 heavy (non-hydrogen) atoms. The third-order valence-corrected chi connectivity index (χ3v) is 6.94. The van der Waals surface area contributed by atoms with Gasteiger partial charge in [0.15, 0.2) is 0 Å². The summed E-state index contributed by atoms with van der Waals surface area (Å²) in [6, 6.07) is 19.0. The highest BCUT2D eigenvalue weighted by molar-refractivity contribution is 5.95. The second-order valence-electron chi connectivity index (χ2n) is 8.87. The highest BCUT2D eigenvalue weighted by Gasteiger charge is 2.43. The average molecular weight is 419 g/mol. The van der Waals surface area contributed by atoms with Gasteiger partial charge in [0.2, 0.25) is 11.8 Å². The standard InChI is InChI=1S/C25H30N4O2/c30-24(28-13-12-19-8-4-5-9-22(19)28)11-10-21-16-27-25(31)23-14-20(17-29(21)23)26-15-18-6-2-1-3-7-18/h1-9,20-21,23,26H,10-17H2,(H,27,31)/t20-,21+,23-/m0/s1. The van der Waals surface area contributed by atoms with Crippen LogP contribution in [0.1, 0.15) is 30.4 Å². The van der Waals surface area contributed by atoms with E-state index in [-0.39, 0.29) is 29.9 Å². The van der Waals surface area contributed by atoms with Crippen molar-refractivity contribution in [3.8, 4) is 0 Å². The number of nitrogens with zero attached hydrogens (tertiary/aromatic N) is 2. The Bertz CT molecular complexity index is 948. The normalized spacial score (nSPS) is 25.2. The van der Waals surface area contributed by atoms with Gasteiger partial charge < -0.3 is 15.5 Å². The topological polar surface area (TPSA) is 64.7 Å². The molecular formula is C25H30N4O2. The van der Waals surface area contributed by atoms with E-state index in [2.05, 4.69) is 33.7 Å². The first-order valence-electron chi connectivity index (χ1n) is 11.4. The van der Waals surface area contributed by atoms with E-state index in [0.29, 0.717) is 13.0 Å². The largest absolute Gasteiger partial charge is 0.353 e. The van der Waals surface area contributed by atoms with Gasteiger partial charge in [0.05, 0.1) is 6.04 Å². The highest BCUT2D eigenvalue weighted by atomic mass is 16.2. The number of carbonyl (C=O) groups is 2. The molecule has 3 atom stereocenters. The van der Waals surface area contributed by atoms with Crippen molar-refractivity contribution in [2.45, 2.75) is 50.4 Å². The lowest BCUT2D eigenvalue weighted by Gasteiger charge is -2.37. The summed E-state index contributed by atoms with van der Waals surface area (Å²) in [4.78, 5) is 29.7. The summed E-state index contributed by atoms with van der Waals surface area (Å²) in [5, 5.41) is 6.69. The maximum Gasteiger partial charge on any atom is 0.237 e. The first-order chi connectivity index (χ1) is 15.2. The second-order valence-corrected chi connectivity index (χ2v) is 8.87. The maximum atomic E-state index is 12.9. The molecule has 2 amide bonds. The van der Waals surface area contributed by atoms with Crippen molar-refractivity contribution in [3.05, 3.63) is 65.7 Å². The molecule has 0 saturated carbocycles. The van der Waals surface area contributed by atoms with Crippen molar-refractivity contribution in [3.63, 3.8) is 0 Å². The number of para-hydroxylation sites is 1. The Kier molecular flexibility index (Phi) is 5.74. The van der Waals surface area contributed by atoms with Crippen molar-refractivity contribution in [2.75, 3.05) is 24.5 Å². The molecular weight excluding hydrogens is 388 g/mol. The molecule has 3 aliphatic heterocycles. The summed E-state index contributed by atoms with van der Waals surface area (Å²) < 4.78 is 0. The predicted molar refractivity (Wildman–Crippen MR) is 121 cm³/mol. The van der Waals surface area contributed by atoms with Gasteiger partial charge in [-0.15, -0.1) is 0 Å². The van der Waals surface area contributed by atoms with Gasteiger partial charge in [0.1, 0.15) is 0 Å². The van der Waals surface area contributed by atoms with E-state index < -0.39 is 0 Å². The monoisotopic (exact) mass is 418 g/mol. The van der Waals surface area contributed by atoms with Crippen molar-refractivity contribution < 1.29 is 9.59 Å². The zero-order valence-corrected chi connectivity index (χ0v) is 17.8. The molecule has 2 fully saturated rings. The fraction of sp³-hybridized carbons (Fsp3) is 0.440. The molecule has 2 aromatic rings. The first-order valence-corrected chi connectivity index (χ1v) is 11.4. The van der Waals surface area contributed by atoms with Gasteiger partial charge in [-0.3, -0.25) is 14.5 Å². The van der Waals surface area contributed by atoms with Gasteiger partial charge in [-0.1, -0.05) is 48.5 Å². The van der Waals surface area contributed by atoms with E-state index in [1.54, 1.807) is 0 Å². The maximum absolute atomic E-state index is 12.9. The summed E-state index contributed by atoms with van der Waals surface area (Å²) in [7, 11) is 0. The smallest absolute Gasteiger partial charge is 0.237 e. The lowest BCUT2D eigenvalue weighted by molar-refractivity contribution is -0.129. The molecule has 6 heteroatoms. The van der Waals surface area contributed by atoms with E-state index in [1.165, 1.54) is 11.1 Å². The molecule has 3 aliphatic rings. The van der Waals surface area contributed by atoms with Crippen LogP contribution in [-0.4, -0.2) is 54.5 Å². The number of hydrogen-bond donors (Lipinski definition) is 2. The Labute approximate surface area is 183 Å². The molecule has 0 radical (unpaired) electrons. The van der Waals surface area contributed by atoms with Crippen LogP contribution in [0.4, 0.5) is 5.69 Å². The molecule has 0 bridgehead atoms. The number of carbonyl (C=O) groups excluding carboxylic acids is 2. The summed E-state index contributed by atoms with van der Waals surface area (Å²) in [6.07, 6.45) is 3.05. The number of benzene rings is 2. The number of fused-ring (bicyclic) bond motifs is 2. The van der Waals surface area contributed by atoms with Gasteiger partial charge in [0.25, 0.3) is 0 Å². The van der Waals surface area contributed by atoms with Crippen molar-refractivity contribution in [2.24, 2.45) is 0 Å². The quantitative estimate of drug-likeness (QED) is 0.754. The van der Waals surface area contributed by atoms with E-state index >= 15 is 0 Å². The Morgan fingerprint density at radius 2 is 1.90 bits per heavy atom. The van der Waals surface area contributed by atoms with Crippen LogP contribution >= 0.6 is 0 Å². The molecule has 3 heterocycles. The molecule has 0 aliphatic carbocycles. The van der Waals surface area contributed by atoms with E-state index in [1.807, 2.05) is 41.3 Å². The Morgan fingerprint density at radius 3 is 2.77 bits per heavy atom. The van der Waals surface area contributed by atoms with Gasteiger partial charge in [-0.25, -0.2) is 0 Å². The van der Waals surface area contributed by atoms with Gasteiger partial charge in [0, 0.05) is 50.4 Å². The molecule has 2 N–H and O–H groups in total. The molecule has 162 valence electrons. The first kappa shape index (κ1) is 20.2. The van der Waals surface area contributed by atoms with Crippen molar-refractivity contribution in [1.29, 1.82) is 0 Å². The fourth-order valence-electron chi connectivity index (χ4n) is 5.27. The van der Waals surface area contributed by atoms with Crippen LogP contribution in [0.15, 0.2) is 54.6 Å². The summed E-state index contributed by atoms with van der Waals surface area (Å²) in [5.41, 5.74) is 3.58. The van der Waals surface area contributed by atoms with E-state index in [4.69, 9.17) is 0 Å². The minimum absolute atomic E-state index is 0.0883. The van der Waals surface area contributed by atoms with Crippen LogP contribution in [0.3, 0.4) is 0 Å². The second kappa shape index (κ2) is 8.81. The molecule has 6 nitrogen and oxygen atoms in total. The van der Waals surface area contributed by atoms with Crippen molar-refractivity contribution >= 4 is 17.5 Å². The van der Waals surface area contributed by atoms with Crippen molar-refractivity contribution in [1.82, 2.24) is 15.5 Å². The number of piperazine rings is 1. The van der Waals surface area contributed by atoms with Gasteiger partial charge >= 0.3 is 0 Å². The number of rotatable bonds is 6. The predicted octanol–water partition coefficient (Wildman–Crippen LogP) is 2.09. The molecule has 0 aromatic heterocycles. The summed E-state index contributed by atoms with van der Waals surface area (Å²) >= 11 is 0.